The number of ether oxygens (including phenoxy) is 3. The molecule has 3 rings (SSSR count). The zero-order valence-corrected chi connectivity index (χ0v) is 15.2. The van der Waals surface area contributed by atoms with Gasteiger partial charge in [-0.2, -0.15) is 0 Å². The Hall–Kier alpha value is -3.67. The predicted octanol–water partition coefficient (Wildman–Crippen LogP) is 3.47. The van der Waals surface area contributed by atoms with Gasteiger partial charge in [0.05, 0.1) is 12.7 Å². The van der Waals surface area contributed by atoms with E-state index in [1.54, 1.807) is 43.5 Å². The summed E-state index contributed by atoms with van der Waals surface area (Å²) in [5.41, 5.74) is 0.775. The fourth-order valence-corrected chi connectivity index (χ4v) is 2.64. The molecule has 0 atom stereocenters. The number of hydrogen-bond acceptors (Lipinski definition) is 6. The zero-order chi connectivity index (χ0) is 19.9. The van der Waals surface area contributed by atoms with Crippen molar-refractivity contribution < 1.29 is 28.6 Å². The number of fused-ring (bicyclic) bond motifs is 1. The Morgan fingerprint density at radius 1 is 0.929 bits per heavy atom. The van der Waals surface area contributed by atoms with Crippen LogP contribution in [-0.2, 0) is 9.53 Å². The van der Waals surface area contributed by atoms with E-state index in [4.69, 9.17) is 14.2 Å². The van der Waals surface area contributed by atoms with Crippen molar-refractivity contribution >= 4 is 28.8 Å². The van der Waals surface area contributed by atoms with Gasteiger partial charge in [0.15, 0.2) is 25.3 Å². The van der Waals surface area contributed by atoms with Crippen LogP contribution in [0.1, 0.15) is 20.7 Å². The summed E-state index contributed by atoms with van der Waals surface area (Å²) < 4.78 is 15.4. The average Bonchev–Trinajstić information content (AvgIpc) is 2.75. The van der Waals surface area contributed by atoms with E-state index in [2.05, 4.69) is 0 Å². The molecule has 0 heterocycles. The van der Waals surface area contributed by atoms with Crippen LogP contribution >= 0.6 is 0 Å². The molecule has 0 amide bonds. The first kappa shape index (κ1) is 19.1. The summed E-state index contributed by atoms with van der Waals surface area (Å²) in [7, 11) is 1.59. The Bertz CT molecular complexity index is 1020. The average molecular weight is 378 g/mol. The van der Waals surface area contributed by atoms with Gasteiger partial charge in [0.1, 0.15) is 11.5 Å². The second kappa shape index (κ2) is 8.81. The first-order valence-electron chi connectivity index (χ1n) is 8.54. The lowest BCUT2D eigenvalue weighted by Gasteiger charge is -2.09. The highest BCUT2D eigenvalue weighted by molar-refractivity contribution is 6.01. The minimum atomic E-state index is -0.695. The Labute approximate surface area is 161 Å². The zero-order valence-electron chi connectivity index (χ0n) is 15.2. The minimum Gasteiger partial charge on any atom is -0.497 e. The van der Waals surface area contributed by atoms with E-state index < -0.39 is 12.6 Å². The number of para-hydroxylation sites is 1. The molecule has 0 unspecified atom stereocenters. The Kier molecular flexibility index (Phi) is 6.01. The van der Waals surface area contributed by atoms with Crippen LogP contribution in [-0.4, -0.2) is 38.4 Å². The van der Waals surface area contributed by atoms with Crippen LogP contribution < -0.4 is 9.47 Å². The standard InChI is InChI=1S/C22H18O6/c1-26-19-9-8-15-10-17(7-6-16(15)11-19)20(24)13-28-22(25)14-27-21-5-3-2-4-18(21)12-23/h2-12H,13-14H2,1H3. The minimum absolute atomic E-state index is 0.283. The highest BCUT2D eigenvalue weighted by Crippen LogP contribution is 2.22. The second-order valence-corrected chi connectivity index (χ2v) is 5.96. The molecule has 6 heteroatoms. The van der Waals surface area contributed by atoms with E-state index in [9.17, 15) is 14.4 Å². The van der Waals surface area contributed by atoms with Crippen molar-refractivity contribution in [2.45, 2.75) is 0 Å². The first-order valence-corrected chi connectivity index (χ1v) is 8.54. The number of carbonyl (C=O) groups is 3. The third kappa shape index (κ3) is 4.54. The molecule has 0 aromatic heterocycles. The molecule has 0 radical (unpaired) electrons. The molecule has 0 aliphatic carbocycles. The maximum absolute atomic E-state index is 12.3. The van der Waals surface area contributed by atoms with Gasteiger partial charge in [-0.3, -0.25) is 9.59 Å². The predicted molar refractivity (Wildman–Crippen MR) is 103 cm³/mol. The Balaban J connectivity index is 1.56. The first-order chi connectivity index (χ1) is 13.6. The van der Waals surface area contributed by atoms with Crippen molar-refractivity contribution in [1.29, 1.82) is 0 Å². The van der Waals surface area contributed by atoms with Crippen LogP contribution in [0, 0.1) is 0 Å². The van der Waals surface area contributed by atoms with Gasteiger partial charge in [0.25, 0.3) is 0 Å². The lowest BCUT2D eigenvalue weighted by molar-refractivity contribution is -0.144. The molecular weight excluding hydrogens is 360 g/mol. The van der Waals surface area contributed by atoms with Crippen molar-refractivity contribution in [2.24, 2.45) is 0 Å². The number of Topliss-reactive ketones (excluding diaryl/α,β-unsaturated/α-hetero) is 1. The lowest BCUT2D eigenvalue weighted by Crippen LogP contribution is -2.19. The molecule has 3 aromatic carbocycles. The van der Waals surface area contributed by atoms with Gasteiger partial charge in [-0.25, -0.2) is 4.79 Å². The number of ketones is 1. The SMILES string of the molecule is COc1ccc2cc(C(=O)COC(=O)COc3ccccc3C=O)ccc2c1. The topological polar surface area (TPSA) is 78.9 Å². The van der Waals surface area contributed by atoms with Crippen LogP contribution in [0.4, 0.5) is 0 Å². The van der Waals surface area contributed by atoms with Crippen molar-refractivity contribution in [3.05, 3.63) is 71.8 Å². The molecule has 3 aromatic rings. The Morgan fingerprint density at radius 2 is 1.68 bits per heavy atom. The van der Waals surface area contributed by atoms with E-state index in [-0.39, 0.29) is 18.1 Å². The van der Waals surface area contributed by atoms with E-state index in [1.165, 1.54) is 0 Å². The molecule has 0 fully saturated rings. The summed E-state index contributed by atoms with van der Waals surface area (Å²) in [5.74, 6) is 0.00123. The third-order valence-electron chi connectivity index (χ3n) is 4.13. The van der Waals surface area contributed by atoms with Gasteiger partial charge < -0.3 is 14.2 Å². The van der Waals surface area contributed by atoms with Gasteiger partial charge in [0, 0.05) is 5.56 Å². The summed E-state index contributed by atoms with van der Waals surface area (Å²) in [6, 6.07) is 17.3. The summed E-state index contributed by atoms with van der Waals surface area (Å²) in [4.78, 5) is 35.1. The maximum Gasteiger partial charge on any atom is 0.344 e. The van der Waals surface area contributed by atoms with Crippen LogP contribution in [0.3, 0.4) is 0 Å². The molecule has 28 heavy (non-hydrogen) atoms. The van der Waals surface area contributed by atoms with Crippen molar-refractivity contribution in [1.82, 2.24) is 0 Å². The van der Waals surface area contributed by atoms with Gasteiger partial charge in [-0.1, -0.05) is 30.3 Å². The highest BCUT2D eigenvalue weighted by atomic mass is 16.6. The van der Waals surface area contributed by atoms with Gasteiger partial charge in [0.2, 0.25) is 0 Å². The number of aldehydes is 1. The van der Waals surface area contributed by atoms with E-state index in [1.807, 2.05) is 24.3 Å². The molecular formula is C22H18O6. The molecule has 0 aliphatic heterocycles. The van der Waals surface area contributed by atoms with E-state index >= 15 is 0 Å². The number of carbonyl (C=O) groups excluding carboxylic acids is 3. The monoisotopic (exact) mass is 378 g/mol. The van der Waals surface area contributed by atoms with Gasteiger partial charge >= 0.3 is 5.97 Å². The van der Waals surface area contributed by atoms with E-state index in [0.29, 0.717) is 17.4 Å². The molecule has 0 aliphatic rings. The normalized spacial score (nSPS) is 10.3. The molecule has 6 nitrogen and oxygen atoms in total. The number of esters is 1. The van der Waals surface area contributed by atoms with Crippen LogP contribution in [0.15, 0.2) is 60.7 Å². The molecule has 0 spiro atoms. The fraction of sp³-hybridized carbons (Fsp3) is 0.136. The largest absolute Gasteiger partial charge is 0.497 e. The van der Waals surface area contributed by atoms with Crippen LogP contribution in [0.25, 0.3) is 10.8 Å². The van der Waals surface area contributed by atoms with Crippen molar-refractivity contribution in [2.75, 3.05) is 20.3 Å². The van der Waals surface area contributed by atoms with Crippen molar-refractivity contribution in [3.8, 4) is 11.5 Å². The molecule has 142 valence electrons. The molecule has 0 saturated carbocycles. The quantitative estimate of drug-likeness (QED) is 0.339. The molecule has 0 N–H and O–H groups in total. The summed E-state index contributed by atoms with van der Waals surface area (Å²) >= 11 is 0. The summed E-state index contributed by atoms with van der Waals surface area (Å²) in [6.07, 6.45) is 0.638. The van der Waals surface area contributed by atoms with Crippen LogP contribution in [0.2, 0.25) is 0 Å². The fourth-order valence-electron chi connectivity index (χ4n) is 2.64. The number of methoxy groups -OCH3 is 1. The Morgan fingerprint density at radius 3 is 2.46 bits per heavy atom. The van der Waals surface area contributed by atoms with Gasteiger partial charge in [-0.05, 0) is 41.1 Å². The molecule has 0 bridgehead atoms. The molecule has 0 saturated heterocycles. The second-order valence-electron chi connectivity index (χ2n) is 5.96. The number of benzene rings is 3. The summed E-state index contributed by atoms with van der Waals surface area (Å²) in [6.45, 7) is -0.783. The highest BCUT2D eigenvalue weighted by Gasteiger charge is 2.12. The number of rotatable bonds is 8. The van der Waals surface area contributed by atoms with Gasteiger partial charge in [-0.15, -0.1) is 0 Å². The maximum atomic E-state index is 12.3. The van der Waals surface area contributed by atoms with Crippen molar-refractivity contribution in [3.63, 3.8) is 0 Å². The van der Waals surface area contributed by atoms with E-state index in [0.717, 1.165) is 16.5 Å². The smallest absolute Gasteiger partial charge is 0.344 e. The van der Waals surface area contributed by atoms with Crippen LogP contribution in [0.5, 0.6) is 11.5 Å². The summed E-state index contributed by atoms with van der Waals surface area (Å²) in [5, 5.41) is 1.82. The number of hydrogen-bond donors (Lipinski definition) is 0. The third-order valence-corrected chi connectivity index (χ3v) is 4.13. The lowest BCUT2D eigenvalue weighted by atomic mass is 10.0.